The van der Waals surface area contributed by atoms with E-state index in [-0.39, 0.29) is 11.6 Å². The van der Waals surface area contributed by atoms with Crippen molar-refractivity contribution in [2.75, 3.05) is 0 Å². The van der Waals surface area contributed by atoms with Gasteiger partial charge < -0.3 is 4.98 Å². The molecule has 0 saturated heterocycles. The maximum atomic E-state index is 13.1. The van der Waals surface area contributed by atoms with Crippen LogP contribution in [0.25, 0.3) is 10.9 Å². The number of benzene rings is 2. The molecule has 0 aliphatic carbocycles. The van der Waals surface area contributed by atoms with Gasteiger partial charge in [-0.2, -0.15) is 0 Å². The van der Waals surface area contributed by atoms with Crippen LogP contribution in [0, 0.1) is 5.82 Å². The lowest BCUT2D eigenvalue weighted by molar-refractivity contribution is 0.0984. The van der Waals surface area contributed by atoms with E-state index in [0.29, 0.717) is 18.4 Å². The molecule has 1 N–H and O–H groups in total. The third-order valence-corrected chi connectivity index (χ3v) is 3.42. The molecule has 20 heavy (non-hydrogen) atoms. The summed E-state index contributed by atoms with van der Waals surface area (Å²) >= 11 is 0. The number of carbonyl (C=O) groups excluding carboxylic acids is 1. The van der Waals surface area contributed by atoms with E-state index in [2.05, 4.69) is 4.98 Å². The molecular weight excluding hydrogens is 253 g/mol. The van der Waals surface area contributed by atoms with Crippen LogP contribution >= 0.6 is 0 Å². The third-order valence-electron chi connectivity index (χ3n) is 3.42. The normalized spacial score (nSPS) is 10.8. The number of rotatable bonds is 4. The lowest BCUT2D eigenvalue weighted by Gasteiger charge is -2.01. The van der Waals surface area contributed by atoms with Crippen LogP contribution in [-0.4, -0.2) is 10.8 Å². The predicted octanol–water partition coefficient (Wildman–Crippen LogP) is 4.12. The monoisotopic (exact) mass is 267 g/mol. The Morgan fingerprint density at radius 2 is 1.95 bits per heavy atom. The summed E-state index contributed by atoms with van der Waals surface area (Å²) in [6.07, 6.45) is 2.68. The van der Waals surface area contributed by atoms with E-state index < -0.39 is 0 Å². The molecule has 3 aromatic rings. The number of H-pyrrole nitrogens is 1. The predicted molar refractivity (Wildman–Crippen MR) is 77.4 cm³/mol. The summed E-state index contributed by atoms with van der Waals surface area (Å²) in [7, 11) is 0. The molecule has 3 rings (SSSR count). The van der Waals surface area contributed by atoms with Crippen molar-refractivity contribution in [1.29, 1.82) is 0 Å². The maximum Gasteiger partial charge on any atom is 0.165 e. The van der Waals surface area contributed by atoms with E-state index in [0.717, 1.165) is 16.5 Å². The van der Waals surface area contributed by atoms with E-state index in [1.165, 1.54) is 12.1 Å². The minimum absolute atomic E-state index is 0.0757. The highest BCUT2D eigenvalue weighted by Crippen LogP contribution is 2.20. The highest BCUT2D eigenvalue weighted by atomic mass is 19.1. The van der Waals surface area contributed by atoms with Gasteiger partial charge in [-0.1, -0.05) is 30.3 Å². The topological polar surface area (TPSA) is 32.9 Å². The van der Waals surface area contributed by atoms with E-state index in [4.69, 9.17) is 0 Å². The molecule has 0 spiro atoms. The van der Waals surface area contributed by atoms with Gasteiger partial charge >= 0.3 is 0 Å². The van der Waals surface area contributed by atoms with Gasteiger partial charge in [0.15, 0.2) is 5.78 Å². The number of hydrogen-bond acceptors (Lipinski definition) is 1. The second-order valence-electron chi connectivity index (χ2n) is 4.80. The molecule has 1 heterocycles. The minimum Gasteiger partial charge on any atom is -0.360 e. The summed E-state index contributed by atoms with van der Waals surface area (Å²) in [6.45, 7) is 0. The molecule has 0 aliphatic heterocycles. The fourth-order valence-electron chi connectivity index (χ4n) is 2.39. The highest BCUT2D eigenvalue weighted by Gasteiger charge is 2.11. The quantitative estimate of drug-likeness (QED) is 0.708. The Morgan fingerprint density at radius 1 is 1.10 bits per heavy atom. The van der Waals surface area contributed by atoms with E-state index in [1.54, 1.807) is 12.3 Å². The molecule has 0 radical (unpaired) electrons. The molecule has 0 amide bonds. The van der Waals surface area contributed by atoms with Crippen molar-refractivity contribution in [1.82, 2.24) is 4.98 Å². The number of halogens is 1. The van der Waals surface area contributed by atoms with Crippen molar-refractivity contribution in [3.63, 3.8) is 0 Å². The number of ketones is 1. The van der Waals surface area contributed by atoms with Crippen molar-refractivity contribution >= 4 is 16.7 Å². The van der Waals surface area contributed by atoms with Crippen LogP contribution in [-0.2, 0) is 6.42 Å². The Bertz CT molecular complexity index is 760. The highest BCUT2D eigenvalue weighted by molar-refractivity contribution is 6.07. The summed E-state index contributed by atoms with van der Waals surface area (Å²) in [5.41, 5.74) is 2.51. The number of para-hydroxylation sites is 1. The van der Waals surface area contributed by atoms with Crippen molar-refractivity contribution in [3.8, 4) is 0 Å². The maximum absolute atomic E-state index is 13.1. The van der Waals surface area contributed by atoms with Crippen LogP contribution < -0.4 is 0 Å². The van der Waals surface area contributed by atoms with Gasteiger partial charge in [0, 0.05) is 29.1 Å². The van der Waals surface area contributed by atoms with Gasteiger partial charge in [-0.15, -0.1) is 0 Å². The SMILES string of the molecule is O=C(CCc1cccc(F)c1)c1c[nH]c2ccccc12. The molecule has 0 aliphatic rings. The summed E-state index contributed by atoms with van der Waals surface area (Å²) in [5.74, 6) is -0.186. The van der Waals surface area contributed by atoms with Crippen LogP contribution in [0.4, 0.5) is 4.39 Å². The van der Waals surface area contributed by atoms with Gasteiger partial charge in [-0.05, 0) is 30.2 Å². The Labute approximate surface area is 116 Å². The Morgan fingerprint density at radius 3 is 2.80 bits per heavy atom. The smallest absolute Gasteiger partial charge is 0.165 e. The van der Waals surface area contributed by atoms with Gasteiger partial charge in [0.1, 0.15) is 5.82 Å². The summed E-state index contributed by atoms with van der Waals surface area (Å²) in [5, 5.41) is 0.941. The standard InChI is InChI=1S/C17H14FNO/c18-13-5-3-4-12(10-13)8-9-17(20)15-11-19-16-7-2-1-6-14(15)16/h1-7,10-11,19H,8-9H2. The second-order valence-corrected chi connectivity index (χ2v) is 4.80. The number of hydrogen-bond donors (Lipinski definition) is 1. The summed E-state index contributed by atoms with van der Waals surface area (Å²) in [6, 6.07) is 14.1. The molecule has 0 saturated carbocycles. The lowest BCUT2D eigenvalue weighted by Crippen LogP contribution is -2.00. The van der Waals surface area contributed by atoms with Gasteiger partial charge in [-0.3, -0.25) is 4.79 Å². The molecule has 3 heteroatoms. The molecule has 0 unspecified atom stereocenters. The Hall–Kier alpha value is -2.42. The van der Waals surface area contributed by atoms with Crippen molar-refractivity contribution in [2.24, 2.45) is 0 Å². The first-order valence-corrected chi connectivity index (χ1v) is 6.58. The van der Waals surface area contributed by atoms with Crippen LogP contribution in [0.2, 0.25) is 0 Å². The molecule has 100 valence electrons. The average Bonchev–Trinajstić information content (AvgIpc) is 2.89. The second kappa shape index (κ2) is 5.29. The van der Waals surface area contributed by atoms with Crippen LogP contribution in [0.3, 0.4) is 0 Å². The zero-order valence-corrected chi connectivity index (χ0v) is 10.9. The number of nitrogens with one attached hydrogen (secondary N) is 1. The third kappa shape index (κ3) is 2.48. The minimum atomic E-state index is -0.262. The van der Waals surface area contributed by atoms with E-state index >= 15 is 0 Å². The van der Waals surface area contributed by atoms with E-state index in [1.807, 2.05) is 30.3 Å². The molecule has 2 nitrogen and oxygen atoms in total. The van der Waals surface area contributed by atoms with Crippen LogP contribution in [0.5, 0.6) is 0 Å². The molecule has 2 aromatic carbocycles. The fourth-order valence-corrected chi connectivity index (χ4v) is 2.39. The average molecular weight is 267 g/mol. The molecule has 0 bridgehead atoms. The Kier molecular flexibility index (Phi) is 3.33. The van der Waals surface area contributed by atoms with Gasteiger partial charge in [0.25, 0.3) is 0 Å². The van der Waals surface area contributed by atoms with Gasteiger partial charge in [-0.25, -0.2) is 4.39 Å². The summed E-state index contributed by atoms with van der Waals surface area (Å²) in [4.78, 5) is 15.4. The number of aryl methyl sites for hydroxylation is 1. The molecule has 1 aromatic heterocycles. The fraction of sp³-hybridized carbons (Fsp3) is 0.118. The first-order valence-electron chi connectivity index (χ1n) is 6.58. The summed E-state index contributed by atoms with van der Waals surface area (Å²) < 4.78 is 13.1. The molecule has 0 fully saturated rings. The number of aromatic nitrogens is 1. The van der Waals surface area contributed by atoms with Crippen molar-refractivity contribution in [2.45, 2.75) is 12.8 Å². The van der Waals surface area contributed by atoms with Gasteiger partial charge in [0.05, 0.1) is 0 Å². The van der Waals surface area contributed by atoms with Crippen LogP contribution in [0.1, 0.15) is 22.3 Å². The largest absolute Gasteiger partial charge is 0.360 e. The lowest BCUT2D eigenvalue weighted by atomic mass is 10.0. The number of carbonyl (C=O) groups is 1. The van der Waals surface area contributed by atoms with Gasteiger partial charge in [0.2, 0.25) is 0 Å². The molecular formula is C17H14FNO. The Balaban J connectivity index is 1.76. The van der Waals surface area contributed by atoms with Crippen LogP contribution in [0.15, 0.2) is 54.7 Å². The van der Waals surface area contributed by atoms with Crippen molar-refractivity contribution < 1.29 is 9.18 Å². The first-order chi connectivity index (χ1) is 9.74. The zero-order chi connectivity index (χ0) is 13.9. The van der Waals surface area contributed by atoms with Crippen molar-refractivity contribution in [3.05, 3.63) is 71.7 Å². The number of fused-ring (bicyclic) bond motifs is 1. The number of aromatic amines is 1. The zero-order valence-electron chi connectivity index (χ0n) is 10.9. The number of Topliss-reactive ketones (excluding diaryl/α,β-unsaturated/α-hetero) is 1. The first kappa shape index (κ1) is 12.6. The molecule has 0 atom stereocenters. The van der Waals surface area contributed by atoms with E-state index in [9.17, 15) is 9.18 Å².